The fourth-order valence-electron chi connectivity index (χ4n) is 8.00. The molecule has 4 heterocycles. The van der Waals surface area contributed by atoms with Crippen LogP contribution < -0.4 is 0 Å². The minimum absolute atomic E-state index is 0.122. The average Bonchev–Trinajstić information content (AvgIpc) is 3.34. The van der Waals surface area contributed by atoms with Crippen molar-refractivity contribution in [1.29, 1.82) is 0 Å². The summed E-state index contributed by atoms with van der Waals surface area (Å²) in [7, 11) is 1.43. The molecule has 0 spiro atoms. The molecule has 222 valence electrons. The van der Waals surface area contributed by atoms with Crippen molar-refractivity contribution in [3.8, 4) is 0 Å². The van der Waals surface area contributed by atoms with Gasteiger partial charge in [0, 0.05) is 19.6 Å². The van der Waals surface area contributed by atoms with Crippen LogP contribution in [0.3, 0.4) is 0 Å². The van der Waals surface area contributed by atoms with Gasteiger partial charge in [-0.15, -0.1) is 0 Å². The predicted molar refractivity (Wildman–Crippen MR) is 136 cm³/mol. The Bertz CT molecular complexity index is 1100. The summed E-state index contributed by atoms with van der Waals surface area (Å²) in [6.07, 6.45) is 0.115. The van der Waals surface area contributed by atoms with Crippen molar-refractivity contribution in [2.75, 3.05) is 13.7 Å². The summed E-state index contributed by atoms with van der Waals surface area (Å²) in [5.74, 6) is -3.54. The quantitative estimate of drug-likeness (QED) is 0.334. The van der Waals surface area contributed by atoms with Crippen molar-refractivity contribution in [1.82, 2.24) is 0 Å². The molecule has 11 nitrogen and oxygen atoms in total. The Morgan fingerprint density at radius 3 is 2.62 bits per heavy atom. The van der Waals surface area contributed by atoms with Crippen LogP contribution in [-0.2, 0) is 38.0 Å². The van der Waals surface area contributed by atoms with Gasteiger partial charge < -0.3 is 43.7 Å². The molecule has 13 unspecified atom stereocenters. The second-order valence-electron chi connectivity index (χ2n) is 12.5. The van der Waals surface area contributed by atoms with Gasteiger partial charge >= 0.3 is 11.9 Å². The van der Waals surface area contributed by atoms with Gasteiger partial charge in [0.05, 0.1) is 36.8 Å². The number of methoxy groups -OCH3 is 1. The maximum Gasteiger partial charge on any atom is 0.336 e. The molecule has 2 aliphatic carbocycles. The molecule has 40 heavy (non-hydrogen) atoms. The molecule has 6 aliphatic rings. The Hall–Kier alpha value is -1.86. The van der Waals surface area contributed by atoms with Crippen molar-refractivity contribution < 1.29 is 53.3 Å². The third kappa shape index (κ3) is 4.36. The highest BCUT2D eigenvalue weighted by Gasteiger charge is 2.61. The highest BCUT2D eigenvalue weighted by Crippen LogP contribution is 2.56. The van der Waals surface area contributed by atoms with Gasteiger partial charge in [-0.3, -0.25) is 4.79 Å². The lowest BCUT2D eigenvalue weighted by Crippen LogP contribution is -2.59. The topological polar surface area (TPSA) is 150 Å². The predicted octanol–water partition coefficient (Wildman–Crippen LogP) is 1.13. The molecular weight excluding hydrogens is 524 g/mol. The highest BCUT2D eigenvalue weighted by molar-refractivity contribution is 5.92. The van der Waals surface area contributed by atoms with Crippen LogP contribution in [0.25, 0.3) is 0 Å². The number of ether oxygens (including phenoxy) is 6. The Morgan fingerprint density at radius 2 is 1.88 bits per heavy atom. The van der Waals surface area contributed by atoms with Gasteiger partial charge in [-0.05, 0) is 50.4 Å². The Labute approximate surface area is 233 Å². The molecule has 4 fully saturated rings. The number of allylic oxidation sites excluding steroid dienone is 1. The van der Waals surface area contributed by atoms with E-state index in [2.05, 4.69) is 6.92 Å². The Kier molecular flexibility index (Phi) is 7.17. The van der Waals surface area contributed by atoms with Gasteiger partial charge in [-0.2, -0.15) is 0 Å². The van der Waals surface area contributed by atoms with E-state index in [1.54, 1.807) is 19.9 Å². The van der Waals surface area contributed by atoms with Gasteiger partial charge in [0.2, 0.25) is 5.79 Å². The summed E-state index contributed by atoms with van der Waals surface area (Å²) >= 11 is 0. The number of aliphatic hydroxyl groups is 3. The summed E-state index contributed by atoms with van der Waals surface area (Å²) in [5.41, 5.74) is 1.08. The van der Waals surface area contributed by atoms with E-state index >= 15 is 0 Å². The standard InChI is InChI=1S/C29H40O11/c1-13-22(31)24(35-4)23(32)27(37-13)38-15-8-9-28(2)14(10-15)11-18(30)20-17(28)7-5-6-16-21-19(39-26(20)34)12-36-29(21,3)40-25(16)33/h6,11,13,15,17-24,27,30-32H,5,7-10,12H2,1-4H3. The van der Waals surface area contributed by atoms with E-state index in [9.17, 15) is 24.9 Å². The lowest BCUT2D eigenvalue weighted by atomic mass is 9.55. The SMILES string of the molecule is COC1C(O)C(C)OC(OC2CCC3(C)C(=CC(O)C4C(=O)OC5COC6(C)OC(=O)C(=CCCC43)C56)C2)C1O. The number of fused-ring (bicyclic) bond motifs is 3. The molecular formula is C29H40O11. The molecule has 3 N–H and O–H groups in total. The average molecular weight is 565 g/mol. The summed E-state index contributed by atoms with van der Waals surface area (Å²) in [6.45, 7) is 5.65. The van der Waals surface area contributed by atoms with Crippen LogP contribution in [0.2, 0.25) is 0 Å². The van der Waals surface area contributed by atoms with Crippen molar-refractivity contribution in [2.24, 2.45) is 23.2 Å². The van der Waals surface area contributed by atoms with E-state index in [0.29, 0.717) is 37.7 Å². The normalized spacial score (nSPS) is 50.5. The number of hydrogen-bond donors (Lipinski definition) is 3. The third-order valence-electron chi connectivity index (χ3n) is 10.3. The van der Waals surface area contributed by atoms with E-state index in [0.717, 1.165) is 5.57 Å². The van der Waals surface area contributed by atoms with Gasteiger partial charge in [0.15, 0.2) is 6.29 Å². The first-order valence-electron chi connectivity index (χ1n) is 14.3. The number of carbonyl (C=O) groups excluding carboxylic acids is 2. The van der Waals surface area contributed by atoms with Crippen molar-refractivity contribution in [3.05, 3.63) is 23.3 Å². The van der Waals surface area contributed by atoms with Crippen molar-refractivity contribution in [2.45, 2.75) is 108 Å². The summed E-state index contributed by atoms with van der Waals surface area (Å²) in [4.78, 5) is 26.3. The maximum atomic E-state index is 13.6. The van der Waals surface area contributed by atoms with Crippen LogP contribution in [0.5, 0.6) is 0 Å². The van der Waals surface area contributed by atoms with Crippen LogP contribution >= 0.6 is 0 Å². The van der Waals surface area contributed by atoms with Crippen LogP contribution in [-0.4, -0.2) is 95.8 Å². The van der Waals surface area contributed by atoms with Gasteiger partial charge in [-0.25, -0.2) is 4.79 Å². The molecule has 13 atom stereocenters. The summed E-state index contributed by atoms with van der Waals surface area (Å²) in [5, 5.41) is 32.3. The first-order chi connectivity index (χ1) is 19.0. The number of hydrogen-bond acceptors (Lipinski definition) is 11. The number of aliphatic hydroxyl groups excluding tert-OH is 3. The largest absolute Gasteiger partial charge is 0.459 e. The minimum atomic E-state index is -1.16. The van der Waals surface area contributed by atoms with Crippen LogP contribution in [0.1, 0.15) is 52.9 Å². The first kappa shape index (κ1) is 28.3. The zero-order valence-electron chi connectivity index (χ0n) is 23.4. The smallest absolute Gasteiger partial charge is 0.336 e. The van der Waals surface area contributed by atoms with Crippen molar-refractivity contribution >= 4 is 11.9 Å². The fourth-order valence-corrected chi connectivity index (χ4v) is 8.00. The third-order valence-corrected chi connectivity index (χ3v) is 10.3. The molecule has 6 rings (SSSR count). The van der Waals surface area contributed by atoms with E-state index in [1.807, 2.05) is 6.08 Å². The second kappa shape index (κ2) is 10.1. The van der Waals surface area contributed by atoms with Crippen LogP contribution in [0, 0.1) is 23.2 Å². The number of esters is 2. The minimum Gasteiger partial charge on any atom is -0.459 e. The van der Waals surface area contributed by atoms with Gasteiger partial charge in [0.25, 0.3) is 0 Å². The molecule has 11 heteroatoms. The zero-order valence-corrected chi connectivity index (χ0v) is 23.4. The molecule has 0 bridgehead atoms. The molecule has 0 aromatic rings. The molecule has 3 saturated heterocycles. The molecule has 1 saturated carbocycles. The van der Waals surface area contributed by atoms with Gasteiger partial charge in [-0.1, -0.05) is 24.6 Å². The monoisotopic (exact) mass is 564 g/mol. The second-order valence-corrected chi connectivity index (χ2v) is 12.5. The number of carbonyl (C=O) groups is 2. The summed E-state index contributed by atoms with van der Waals surface area (Å²) < 4.78 is 34.5. The molecule has 4 aliphatic heterocycles. The van der Waals surface area contributed by atoms with E-state index < -0.39 is 77.9 Å². The Morgan fingerprint density at radius 1 is 1.10 bits per heavy atom. The maximum absolute atomic E-state index is 13.6. The van der Waals surface area contributed by atoms with Gasteiger partial charge in [0.1, 0.15) is 24.4 Å². The van der Waals surface area contributed by atoms with E-state index in [1.165, 1.54) is 7.11 Å². The fraction of sp³-hybridized carbons (Fsp3) is 0.793. The van der Waals surface area contributed by atoms with Crippen molar-refractivity contribution in [3.63, 3.8) is 0 Å². The molecule has 0 aromatic heterocycles. The first-order valence-corrected chi connectivity index (χ1v) is 14.3. The Balaban J connectivity index is 1.23. The van der Waals surface area contributed by atoms with Crippen LogP contribution in [0.15, 0.2) is 23.3 Å². The lowest BCUT2D eigenvalue weighted by Gasteiger charge is -2.52. The van der Waals surface area contributed by atoms with Crippen LogP contribution in [0.4, 0.5) is 0 Å². The lowest BCUT2D eigenvalue weighted by molar-refractivity contribution is -0.309. The van der Waals surface area contributed by atoms with E-state index in [-0.39, 0.29) is 18.6 Å². The molecule has 0 radical (unpaired) electrons. The highest BCUT2D eigenvalue weighted by atomic mass is 16.7. The molecule has 0 aromatic carbocycles. The molecule has 0 amide bonds. The van der Waals surface area contributed by atoms with E-state index in [4.69, 9.17) is 28.4 Å². The summed E-state index contributed by atoms with van der Waals surface area (Å²) in [6, 6.07) is 0. The number of rotatable bonds is 3. The zero-order chi connectivity index (χ0) is 28.6.